The molecule has 0 spiro atoms. The van der Waals surface area contributed by atoms with Crippen LogP contribution in [0.5, 0.6) is 0 Å². The Labute approximate surface area is 61.6 Å². The van der Waals surface area contributed by atoms with Crippen molar-refractivity contribution in [3.8, 4) is 0 Å². The molecule has 2 heterocycles. The molecular formula is C5H4N4S. The van der Waals surface area contributed by atoms with Gasteiger partial charge in [-0.15, -0.1) is 9.89 Å². The minimum Gasteiger partial charge on any atom is -0.157 e. The quantitative estimate of drug-likeness (QED) is 0.550. The van der Waals surface area contributed by atoms with Crippen LogP contribution in [-0.2, 0) is 0 Å². The number of thioether (sulfide) groups is 1. The van der Waals surface area contributed by atoms with E-state index in [0.717, 1.165) is 5.03 Å². The highest BCUT2D eigenvalue weighted by molar-refractivity contribution is 8.02. The van der Waals surface area contributed by atoms with E-state index in [1.165, 1.54) is 4.79 Å². The van der Waals surface area contributed by atoms with Crippen molar-refractivity contribution in [2.24, 2.45) is 5.10 Å². The molecule has 50 valence electrons. The Hall–Kier alpha value is -1.10. The van der Waals surface area contributed by atoms with Crippen LogP contribution < -0.4 is 0 Å². The highest BCUT2D eigenvalue weighted by Gasteiger charge is 2.00. The molecule has 0 saturated carbocycles. The Kier molecular flexibility index (Phi) is 1.28. The van der Waals surface area contributed by atoms with Crippen molar-refractivity contribution in [1.82, 2.24) is 15.1 Å². The van der Waals surface area contributed by atoms with E-state index >= 15 is 0 Å². The van der Waals surface area contributed by atoms with Crippen LogP contribution in [0, 0.1) is 0 Å². The summed E-state index contributed by atoms with van der Waals surface area (Å²) in [6.07, 6.45) is 5.22. The molecule has 5 heteroatoms. The van der Waals surface area contributed by atoms with E-state index in [9.17, 15) is 0 Å². The highest BCUT2D eigenvalue weighted by atomic mass is 32.2. The predicted octanol–water partition coefficient (Wildman–Crippen LogP) is 0.731. The first kappa shape index (κ1) is 5.67. The van der Waals surface area contributed by atoms with Gasteiger partial charge in [0, 0.05) is 0 Å². The molecule has 1 aromatic rings. The lowest BCUT2D eigenvalue weighted by atomic mass is 10.7. The second kappa shape index (κ2) is 2.26. The second-order valence-corrected chi connectivity index (χ2v) is 2.60. The van der Waals surface area contributed by atoms with E-state index in [1.807, 2.05) is 11.5 Å². The first-order valence-corrected chi connectivity index (χ1v) is 3.61. The molecule has 1 aliphatic rings. The standard InChI is InChI=1S/C5H4N4S/c1-2-7-9-5(10-3-1)4-6-8-9/h1-4H. The molecule has 10 heavy (non-hydrogen) atoms. The van der Waals surface area contributed by atoms with Gasteiger partial charge < -0.3 is 0 Å². The maximum Gasteiger partial charge on any atom is 0.145 e. The fourth-order valence-corrected chi connectivity index (χ4v) is 1.20. The smallest absolute Gasteiger partial charge is 0.145 e. The van der Waals surface area contributed by atoms with E-state index in [0.29, 0.717) is 0 Å². The first-order chi connectivity index (χ1) is 4.97. The Morgan fingerprint density at radius 2 is 2.50 bits per heavy atom. The van der Waals surface area contributed by atoms with Gasteiger partial charge in [0.25, 0.3) is 0 Å². The minimum atomic E-state index is 0.935. The van der Waals surface area contributed by atoms with Crippen LogP contribution in [0.2, 0.25) is 0 Å². The molecule has 0 fully saturated rings. The summed E-state index contributed by atoms with van der Waals surface area (Å²) in [5, 5.41) is 14.2. The molecule has 0 bridgehead atoms. The van der Waals surface area contributed by atoms with Crippen LogP contribution >= 0.6 is 11.8 Å². The van der Waals surface area contributed by atoms with E-state index in [1.54, 1.807) is 24.2 Å². The zero-order valence-electron chi connectivity index (χ0n) is 5.01. The van der Waals surface area contributed by atoms with Crippen LogP contribution in [0.25, 0.3) is 0 Å². The third-order valence-corrected chi connectivity index (χ3v) is 1.83. The van der Waals surface area contributed by atoms with Gasteiger partial charge in [-0.25, -0.2) is 0 Å². The summed E-state index contributed by atoms with van der Waals surface area (Å²) in [7, 11) is 0. The topological polar surface area (TPSA) is 43.1 Å². The van der Waals surface area contributed by atoms with Gasteiger partial charge in [0.1, 0.15) is 5.03 Å². The zero-order chi connectivity index (χ0) is 6.81. The lowest BCUT2D eigenvalue weighted by Gasteiger charge is -1.89. The van der Waals surface area contributed by atoms with Crippen LogP contribution in [0.15, 0.2) is 27.8 Å². The van der Waals surface area contributed by atoms with Crippen molar-refractivity contribution >= 4 is 18.0 Å². The third-order valence-electron chi connectivity index (χ3n) is 1.03. The minimum absolute atomic E-state index is 0.935. The van der Waals surface area contributed by atoms with Gasteiger partial charge in [-0.1, -0.05) is 11.8 Å². The average Bonchev–Trinajstić information content (AvgIpc) is 2.28. The molecule has 0 radical (unpaired) electrons. The molecule has 4 nitrogen and oxygen atoms in total. The van der Waals surface area contributed by atoms with Crippen LogP contribution in [0.4, 0.5) is 0 Å². The summed E-state index contributed by atoms with van der Waals surface area (Å²) in [6.45, 7) is 0. The first-order valence-electron chi connectivity index (χ1n) is 2.74. The van der Waals surface area contributed by atoms with Crippen molar-refractivity contribution in [3.63, 3.8) is 0 Å². The Morgan fingerprint density at radius 1 is 1.50 bits per heavy atom. The number of fused-ring (bicyclic) bond motifs is 1. The molecule has 1 aromatic heterocycles. The molecule has 0 aliphatic carbocycles. The molecule has 2 rings (SSSR count). The number of hydrogen-bond donors (Lipinski definition) is 0. The lowest BCUT2D eigenvalue weighted by Crippen LogP contribution is -1.91. The van der Waals surface area contributed by atoms with Crippen LogP contribution in [-0.4, -0.2) is 21.3 Å². The van der Waals surface area contributed by atoms with Gasteiger partial charge in [-0.05, 0) is 16.7 Å². The van der Waals surface area contributed by atoms with Gasteiger partial charge in [0.05, 0.1) is 12.4 Å². The highest BCUT2D eigenvalue weighted by Crippen LogP contribution is 2.17. The largest absolute Gasteiger partial charge is 0.157 e. The van der Waals surface area contributed by atoms with Crippen molar-refractivity contribution in [1.29, 1.82) is 0 Å². The maximum absolute atomic E-state index is 3.96. The van der Waals surface area contributed by atoms with Crippen LogP contribution in [0.1, 0.15) is 0 Å². The summed E-state index contributed by atoms with van der Waals surface area (Å²) in [5.74, 6) is 0. The number of hydrogen-bond acceptors (Lipinski definition) is 4. The molecule has 0 unspecified atom stereocenters. The number of nitrogens with zero attached hydrogens (tertiary/aromatic N) is 4. The zero-order valence-corrected chi connectivity index (χ0v) is 5.82. The Morgan fingerprint density at radius 3 is 3.50 bits per heavy atom. The van der Waals surface area contributed by atoms with Gasteiger partial charge >= 0.3 is 0 Å². The van der Waals surface area contributed by atoms with Gasteiger partial charge in [0.15, 0.2) is 0 Å². The molecule has 0 atom stereocenters. The maximum atomic E-state index is 3.96. The molecule has 0 N–H and O–H groups in total. The SMILES string of the molecule is C1=CSc2cnnn2N=C1. The third kappa shape index (κ3) is 0.841. The monoisotopic (exact) mass is 152 g/mol. The van der Waals surface area contributed by atoms with Gasteiger partial charge in [0.2, 0.25) is 0 Å². The summed E-state index contributed by atoms with van der Waals surface area (Å²) in [6, 6.07) is 0. The van der Waals surface area contributed by atoms with Gasteiger partial charge in [-0.3, -0.25) is 0 Å². The fraction of sp³-hybridized carbons (Fsp3) is 0. The average molecular weight is 152 g/mol. The summed E-state index contributed by atoms with van der Waals surface area (Å²) < 4.78 is 0. The lowest BCUT2D eigenvalue weighted by molar-refractivity contribution is 0.649. The van der Waals surface area contributed by atoms with Crippen molar-refractivity contribution in [2.45, 2.75) is 5.03 Å². The number of allylic oxidation sites excluding steroid dienone is 1. The van der Waals surface area contributed by atoms with E-state index in [4.69, 9.17) is 0 Å². The van der Waals surface area contributed by atoms with Gasteiger partial charge in [-0.2, -0.15) is 5.10 Å². The van der Waals surface area contributed by atoms with Crippen LogP contribution in [0.3, 0.4) is 0 Å². The normalized spacial score (nSPS) is 14.8. The summed E-state index contributed by atoms with van der Waals surface area (Å²) in [4.78, 5) is 1.49. The number of rotatable bonds is 0. The predicted molar refractivity (Wildman–Crippen MR) is 38.9 cm³/mol. The van der Waals surface area contributed by atoms with Crippen molar-refractivity contribution in [2.75, 3.05) is 0 Å². The second-order valence-electron chi connectivity index (χ2n) is 1.67. The molecule has 0 aromatic carbocycles. The van der Waals surface area contributed by atoms with Crippen molar-refractivity contribution < 1.29 is 0 Å². The Bertz CT molecular complexity index is 288. The Balaban J connectivity index is 2.50. The van der Waals surface area contributed by atoms with E-state index in [2.05, 4.69) is 15.4 Å². The fourth-order valence-electron chi connectivity index (χ4n) is 0.623. The number of aromatic nitrogens is 3. The summed E-state index contributed by atoms with van der Waals surface area (Å²) >= 11 is 1.55. The van der Waals surface area contributed by atoms with E-state index < -0.39 is 0 Å². The summed E-state index contributed by atoms with van der Waals surface area (Å²) in [5.41, 5.74) is 0. The van der Waals surface area contributed by atoms with Crippen molar-refractivity contribution in [3.05, 3.63) is 17.7 Å². The molecular weight excluding hydrogens is 148 g/mol. The molecule has 0 amide bonds. The molecule has 1 aliphatic heterocycles. The van der Waals surface area contributed by atoms with E-state index in [-0.39, 0.29) is 0 Å². The molecule has 0 saturated heterocycles.